The van der Waals surface area contributed by atoms with E-state index < -0.39 is 7.12 Å². The van der Waals surface area contributed by atoms with Crippen LogP contribution in [0.1, 0.15) is 39.2 Å². The van der Waals surface area contributed by atoms with Gasteiger partial charge in [0.2, 0.25) is 0 Å². The molecule has 6 heteroatoms. The lowest BCUT2D eigenvalue weighted by Crippen LogP contribution is -2.41. The predicted octanol–water partition coefficient (Wildman–Crippen LogP) is 3.09. The Morgan fingerprint density at radius 1 is 1.20 bits per heavy atom. The van der Waals surface area contributed by atoms with E-state index in [1.165, 1.54) is 0 Å². The molecule has 1 aliphatic heterocycles. The van der Waals surface area contributed by atoms with Gasteiger partial charge in [-0.05, 0) is 51.5 Å². The van der Waals surface area contributed by atoms with Crippen LogP contribution in [0.4, 0.5) is 0 Å². The van der Waals surface area contributed by atoms with Gasteiger partial charge in [0.25, 0.3) is 0 Å². The number of hydrogen-bond donors (Lipinski definition) is 1. The smallest absolute Gasteiger partial charge is 0.480 e. The van der Waals surface area contributed by atoms with Crippen molar-refractivity contribution in [1.82, 2.24) is 0 Å². The third-order valence-corrected chi connectivity index (χ3v) is 4.85. The largest absolute Gasteiger partial charge is 0.497 e. The summed E-state index contributed by atoms with van der Waals surface area (Å²) in [7, 11) is 1.15. The van der Waals surface area contributed by atoms with Crippen LogP contribution < -0.4 is 10.5 Å². The van der Waals surface area contributed by atoms with Crippen LogP contribution in [0, 0.1) is 0 Å². The molecule has 1 saturated heterocycles. The molecule has 0 aliphatic carbocycles. The molecule has 1 aromatic rings. The molecule has 0 radical (unpaired) electrons. The molecule has 0 aromatic heterocycles. The first-order chi connectivity index (χ1) is 9.18. The quantitative estimate of drug-likeness (QED) is 0.858. The van der Waals surface area contributed by atoms with Crippen molar-refractivity contribution in [3.8, 4) is 5.75 Å². The zero-order chi connectivity index (χ0) is 15.1. The van der Waals surface area contributed by atoms with E-state index in [9.17, 15) is 0 Å². The fraction of sp³-hybridized carbons (Fsp3) is 0.571. The number of hydrogen-bond acceptors (Lipinski definition) is 4. The van der Waals surface area contributed by atoms with Crippen LogP contribution in [0.15, 0.2) is 22.7 Å². The van der Waals surface area contributed by atoms with Crippen molar-refractivity contribution < 1.29 is 14.0 Å². The average molecular weight is 342 g/mol. The van der Waals surface area contributed by atoms with Crippen molar-refractivity contribution in [2.75, 3.05) is 7.11 Å². The van der Waals surface area contributed by atoms with Crippen molar-refractivity contribution in [3.05, 3.63) is 28.2 Å². The molecule has 20 heavy (non-hydrogen) atoms. The Morgan fingerprint density at radius 2 is 1.75 bits per heavy atom. The van der Waals surface area contributed by atoms with Gasteiger partial charge in [0, 0.05) is 4.47 Å². The molecule has 1 aliphatic rings. The third kappa shape index (κ3) is 2.75. The van der Waals surface area contributed by atoms with Gasteiger partial charge >= 0.3 is 7.12 Å². The zero-order valence-electron chi connectivity index (χ0n) is 12.6. The number of benzene rings is 1. The Bertz CT molecular complexity index is 491. The number of nitrogens with two attached hydrogens (primary N) is 1. The normalized spacial score (nSPS) is 21.9. The summed E-state index contributed by atoms with van der Waals surface area (Å²) >= 11 is 3.52. The minimum Gasteiger partial charge on any atom is -0.497 e. The van der Waals surface area contributed by atoms with Gasteiger partial charge in [0.1, 0.15) is 5.75 Å². The second-order valence-corrected chi connectivity index (χ2v) is 6.89. The molecular formula is C14H21BBrNO3. The maximum Gasteiger partial charge on any atom is 0.480 e. The first-order valence-corrected chi connectivity index (χ1v) is 7.42. The molecule has 0 bridgehead atoms. The Kier molecular flexibility index (Phi) is 4.22. The molecule has 0 spiro atoms. The van der Waals surface area contributed by atoms with E-state index in [-0.39, 0.29) is 17.1 Å². The van der Waals surface area contributed by atoms with Crippen LogP contribution >= 0.6 is 15.9 Å². The van der Waals surface area contributed by atoms with E-state index in [4.69, 9.17) is 19.8 Å². The van der Waals surface area contributed by atoms with Gasteiger partial charge in [0.15, 0.2) is 0 Å². The van der Waals surface area contributed by atoms with Gasteiger partial charge in [0.05, 0.1) is 24.3 Å². The molecule has 1 aromatic carbocycles. The summed E-state index contributed by atoms with van der Waals surface area (Å²) in [4.78, 5) is 0. The van der Waals surface area contributed by atoms with Gasteiger partial charge in [-0.25, -0.2) is 0 Å². The van der Waals surface area contributed by atoms with Crippen LogP contribution in [0.2, 0.25) is 0 Å². The minimum atomic E-state index is -0.483. The zero-order valence-corrected chi connectivity index (χ0v) is 14.2. The van der Waals surface area contributed by atoms with E-state index in [0.717, 1.165) is 15.8 Å². The van der Waals surface area contributed by atoms with Gasteiger partial charge in [-0.2, -0.15) is 0 Å². The van der Waals surface area contributed by atoms with Crippen LogP contribution in [0.5, 0.6) is 5.75 Å². The van der Waals surface area contributed by atoms with Gasteiger partial charge in [-0.3, -0.25) is 0 Å². The first kappa shape index (κ1) is 15.8. The average Bonchev–Trinajstić information content (AvgIpc) is 2.58. The van der Waals surface area contributed by atoms with E-state index in [2.05, 4.69) is 15.9 Å². The maximum atomic E-state index is 6.33. The van der Waals surface area contributed by atoms with Crippen molar-refractivity contribution in [1.29, 1.82) is 0 Å². The molecule has 2 N–H and O–H groups in total. The lowest BCUT2D eigenvalue weighted by atomic mass is 9.75. The highest BCUT2D eigenvalue weighted by atomic mass is 79.9. The standard InChI is InChI=1S/C14H21BBrNO3/c1-13(2)14(3,4)20-15(19-13)12(17)10-8-9(18-5)6-7-11(10)16/h6-8,12H,17H2,1-5H3/t12-/m0/s1. The number of ether oxygens (including phenoxy) is 1. The highest BCUT2D eigenvalue weighted by Gasteiger charge is 2.53. The first-order valence-electron chi connectivity index (χ1n) is 6.62. The monoisotopic (exact) mass is 341 g/mol. The predicted molar refractivity (Wildman–Crippen MR) is 83.7 cm³/mol. The Balaban J connectivity index is 2.27. The van der Waals surface area contributed by atoms with Crippen LogP contribution in [0.3, 0.4) is 0 Å². The summed E-state index contributed by atoms with van der Waals surface area (Å²) in [5, 5.41) is 0. The van der Waals surface area contributed by atoms with E-state index >= 15 is 0 Å². The van der Waals surface area contributed by atoms with Gasteiger partial charge in [-0.1, -0.05) is 15.9 Å². The lowest BCUT2D eigenvalue weighted by molar-refractivity contribution is 0.00578. The summed E-state index contributed by atoms with van der Waals surface area (Å²) in [5.41, 5.74) is 6.46. The summed E-state index contributed by atoms with van der Waals surface area (Å²) in [5.74, 6) is 0.371. The summed E-state index contributed by atoms with van der Waals surface area (Å²) in [6.07, 6.45) is 0. The summed E-state index contributed by atoms with van der Waals surface area (Å²) in [6, 6.07) is 5.70. The molecule has 0 amide bonds. The van der Waals surface area contributed by atoms with Crippen molar-refractivity contribution in [2.24, 2.45) is 5.73 Å². The minimum absolute atomic E-state index is 0.388. The van der Waals surface area contributed by atoms with Crippen LogP contribution in [-0.2, 0) is 9.31 Å². The van der Waals surface area contributed by atoms with Crippen LogP contribution in [0.25, 0.3) is 0 Å². The number of halogens is 1. The van der Waals surface area contributed by atoms with Crippen molar-refractivity contribution in [2.45, 2.75) is 44.8 Å². The van der Waals surface area contributed by atoms with E-state index in [1.54, 1.807) is 7.11 Å². The Hall–Kier alpha value is -0.555. The maximum absolute atomic E-state index is 6.33. The Labute approximate surface area is 129 Å². The molecule has 1 atom stereocenters. The molecule has 0 unspecified atom stereocenters. The molecule has 1 fully saturated rings. The molecule has 0 saturated carbocycles. The van der Waals surface area contributed by atoms with E-state index in [1.807, 2.05) is 45.9 Å². The number of methoxy groups -OCH3 is 1. The highest BCUT2D eigenvalue weighted by molar-refractivity contribution is 9.10. The van der Waals surface area contributed by atoms with Gasteiger partial charge < -0.3 is 19.8 Å². The summed E-state index contributed by atoms with van der Waals surface area (Å²) < 4.78 is 18.2. The van der Waals surface area contributed by atoms with Crippen molar-refractivity contribution in [3.63, 3.8) is 0 Å². The molecule has 2 rings (SSSR count). The topological polar surface area (TPSA) is 53.7 Å². The second kappa shape index (κ2) is 5.33. The third-order valence-electron chi connectivity index (χ3n) is 4.13. The molecule has 1 heterocycles. The second-order valence-electron chi connectivity index (χ2n) is 6.04. The lowest BCUT2D eigenvalue weighted by Gasteiger charge is -2.32. The Morgan fingerprint density at radius 3 is 2.25 bits per heavy atom. The molecule has 4 nitrogen and oxygen atoms in total. The summed E-state index contributed by atoms with van der Waals surface area (Å²) in [6.45, 7) is 8.06. The van der Waals surface area contributed by atoms with Crippen LogP contribution in [-0.4, -0.2) is 25.4 Å². The molecular weight excluding hydrogens is 321 g/mol. The van der Waals surface area contributed by atoms with Gasteiger partial charge in [-0.15, -0.1) is 0 Å². The number of rotatable bonds is 3. The van der Waals surface area contributed by atoms with E-state index in [0.29, 0.717) is 0 Å². The fourth-order valence-electron chi connectivity index (χ4n) is 2.09. The highest BCUT2D eigenvalue weighted by Crippen LogP contribution is 2.40. The molecule has 110 valence electrons. The fourth-order valence-corrected chi connectivity index (χ4v) is 2.60. The van der Waals surface area contributed by atoms with Crippen molar-refractivity contribution >= 4 is 23.0 Å². The SMILES string of the molecule is COc1ccc(Br)c([C@H](N)B2OC(C)(C)C(C)(C)O2)c1.